The average molecular weight is 505 g/mol. The maximum atomic E-state index is 12.3. The second-order valence-electron chi connectivity index (χ2n) is 4.58. The Morgan fingerprint density at radius 2 is 1.64 bits per heavy atom. The Morgan fingerprint density at radius 1 is 1.05 bits per heavy atom. The van der Waals surface area contributed by atoms with Crippen molar-refractivity contribution in [3.63, 3.8) is 0 Å². The zero-order valence-electron chi connectivity index (χ0n) is 11.8. The number of hydrogen-bond acceptors (Lipinski definition) is 2. The van der Waals surface area contributed by atoms with Crippen molar-refractivity contribution in [1.82, 2.24) is 0 Å². The SMILES string of the molecule is COC(=O)C1=C(c2ccccc2)P(=[Se])(c2ccccc2)[Se][Se]1. The first-order valence-electron chi connectivity index (χ1n) is 6.57. The summed E-state index contributed by atoms with van der Waals surface area (Å²) in [5.74, 6) is -0.159. The van der Waals surface area contributed by atoms with Crippen molar-refractivity contribution in [3.8, 4) is 0 Å². The van der Waals surface area contributed by atoms with Gasteiger partial charge in [-0.2, -0.15) is 0 Å². The van der Waals surface area contributed by atoms with E-state index in [1.165, 1.54) is 17.7 Å². The topological polar surface area (TPSA) is 26.3 Å². The Morgan fingerprint density at radius 3 is 2.23 bits per heavy atom. The fourth-order valence-electron chi connectivity index (χ4n) is 2.22. The standard InChI is InChI=1S/C16H13O2PSe3/c1-18-16(17)15-14(12-8-4-2-5-9-12)19(20,22-21-15)13-10-6-3-7-11-13/h2-11H,1H3. The van der Waals surface area contributed by atoms with Crippen LogP contribution in [-0.2, 0) is 9.53 Å². The van der Waals surface area contributed by atoms with Crippen molar-refractivity contribution in [2.24, 2.45) is 0 Å². The van der Waals surface area contributed by atoms with Gasteiger partial charge in [0.25, 0.3) is 0 Å². The summed E-state index contributed by atoms with van der Waals surface area (Å²) < 4.78 is 4.38. The van der Waals surface area contributed by atoms with E-state index in [9.17, 15) is 4.79 Å². The number of methoxy groups -OCH3 is 1. The van der Waals surface area contributed by atoms with E-state index in [1.54, 1.807) is 0 Å². The molecule has 0 saturated carbocycles. The predicted molar refractivity (Wildman–Crippen MR) is 95.6 cm³/mol. The van der Waals surface area contributed by atoms with Gasteiger partial charge in [0, 0.05) is 0 Å². The van der Waals surface area contributed by atoms with Gasteiger partial charge >= 0.3 is 149 Å². The van der Waals surface area contributed by atoms with Gasteiger partial charge in [-0.25, -0.2) is 0 Å². The van der Waals surface area contributed by atoms with Gasteiger partial charge in [0.1, 0.15) is 0 Å². The first-order chi connectivity index (χ1) is 10.7. The van der Waals surface area contributed by atoms with Gasteiger partial charge in [0.2, 0.25) is 0 Å². The maximum absolute atomic E-state index is 12.3. The molecule has 0 aliphatic carbocycles. The molecule has 0 bridgehead atoms. The van der Waals surface area contributed by atoms with Gasteiger partial charge in [-0.3, -0.25) is 0 Å². The van der Waals surface area contributed by atoms with Crippen LogP contribution in [0.3, 0.4) is 0 Å². The Labute approximate surface area is 148 Å². The number of hydrogen-bond donors (Lipinski definition) is 0. The molecule has 0 spiro atoms. The van der Waals surface area contributed by atoms with Crippen molar-refractivity contribution >= 4 is 61.7 Å². The van der Waals surface area contributed by atoms with Gasteiger partial charge in [-0.05, 0) is 0 Å². The Balaban J connectivity index is 2.23. The van der Waals surface area contributed by atoms with Crippen LogP contribution < -0.4 is 5.30 Å². The van der Waals surface area contributed by atoms with Gasteiger partial charge < -0.3 is 0 Å². The van der Waals surface area contributed by atoms with Gasteiger partial charge in [0.15, 0.2) is 0 Å². The van der Waals surface area contributed by atoms with Crippen LogP contribution in [0.1, 0.15) is 5.56 Å². The summed E-state index contributed by atoms with van der Waals surface area (Å²) in [6, 6.07) is 20.8. The van der Waals surface area contributed by atoms with Crippen molar-refractivity contribution < 1.29 is 9.53 Å². The molecule has 0 N–H and O–H groups in total. The van der Waals surface area contributed by atoms with Crippen LogP contribution in [0.4, 0.5) is 0 Å². The Kier molecular flexibility index (Phi) is 5.27. The van der Waals surface area contributed by atoms with E-state index in [1.807, 2.05) is 24.3 Å². The third-order valence-electron chi connectivity index (χ3n) is 3.25. The van der Waals surface area contributed by atoms with Crippen LogP contribution in [0.15, 0.2) is 65.1 Å². The van der Waals surface area contributed by atoms with Crippen molar-refractivity contribution in [1.29, 1.82) is 0 Å². The van der Waals surface area contributed by atoms with Gasteiger partial charge in [-0.15, -0.1) is 0 Å². The van der Waals surface area contributed by atoms with E-state index in [2.05, 4.69) is 51.5 Å². The third-order valence-corrected chi connectivity index (χ3v) is 35.3. The molecule has 1 heterocycles. The molecule has 1 aliphatic heterocycles. The van der Waals surface area contributed by atoms with Gasteiger partial charge in [-0.1, -0.05) is 0 Å². The van der Waals surface area contributed by atoms with Crippen LogP contribution >= 0.6 is 4.20 Å². The molecule has 22 heavy (non-hydrogen) atoms. The summed E-state index contributed by atoms with van der Waals surface area (Å²) in [4.78, 5) is 12.3. The molecular formula is C16H13O2PSe3. The van der Waals surface area contributed by atoms with E-state index in [-0.39, 0.29) is 19.1 Å². The number of carbonyl (C=O) groups excluding carboxylic acids is 1. The van der Waals surface area contributed by atoms with Crippen LogP contribution in [0.5, 0.6) is 0 Å². The molecule has 0 saturated heterocycles. The number of carbonyl (C=O) groups is 1. The molecule has 0 amide bonds. The second kappa shape index (κ2) is 7.03. The molecule has 0 fully saturated rings. The van der Waals surface area contributed by atoms with Crippen LogP contribution in [0.2, 0.25) is 0 Å². The second-order valence-corrected chi connectivity index (χ2v) is 26.0. The van der Waals surface area contributed by atoms with E-state index in [4.69, 9.17) is 4.74 Å². The minimum absolute atomic E-state index is 0.159. The van der Waals surface area contributed by atoms with Crippen molar-refractivity contribution in [3.05, 3.63) is 70.7 Å². The molecule has 2 nitrogen and oxygen atoms in total. The molecule has 1 atom stereocenters. The molecule has 0 radical (unpaired) electrons. The minimum atomic E-state index is -1.58. The summed E-state index contributed by atoms with van der Waals surface area (Å²) in [5, 5.41) is 2.56. The first-order valence-corrected chi connectivity index (χ1v) is 18.0. The fourth-order valence-corrected chi connectivity index (χ4v) is 32.6. The number of rotatable bonds is 3. The van der Waals surface area contributed by atoms with E-state index in [0.717, 1.165) is 10.0 Å². The molecule has 2 aromatic carbocycles. The fraction of sp³-hybridized carbons (Fsp3) is 0.0625. The molecular weight excluding hydrogens is 492 g/mol. The predicted octanol–water partition coefficient (Wildman–Crippen LogP) is 2.21. The third kappa shape index (κ3) is 3.01. The van der Waals surface area contributed by atoms with E-state index < -0.39 is 4.20 Å². The van der Waals surface area contributed by atoms with Crippen LogP contribution in [-0.4, -0.2) is 54.0 Å². The Bertz CT molecular complexity index is 772. The molecule has 0 aromatic heterocycles. The molecule has 1 aliphatic rings. The summed E-state index contributed by atoms with van der Waals surface area (Å²) in [5.41, 5.74) is 1.15. The average Bonchev–Trinajstić information content (AvgIpc) is 2.94. The van der Waals surface area contributed by atoms with Gasteiger partial charge in [0.05, 0.1) is 0 Å². The molecule has 3 rings (SSSR count). The molecule has 1 unspecified atom stereocenters. The molecule has 6 heteroatoms. The van der Waals surface area contributed by atoms with E-state index in [0.29, 0.717) is 12.7 Å². The molecule has 2 aromatic rings. The number of benzene rings is 2. The van der Waals surface area contributed by atoms with Crippen molar-refractivity contribution in [2.45, 2.75) is 0 Å². The summed E-state index contributed by atoms with van der Waals surface area (Å²) >= 11 is 4.12. The van der Waals surface area contributed by atoms with Crippen LogP contribution in [0.25, 0.3) is 5.31 Å². The zero-order chi connectivity index (χ0) is 15.6. The quantitative estimate of drug-likeness (QED) is 0.364. The summed E-state index contributed by atoms with van der Waals surface area (Å²) in [6.07, 6.45) is 0. The zero-order valence-corrected chi connectivity index (χ0v) is 17.8. The van der Waals surface area contributed by atoms with E-state index >= 15 is 0 Å². The van der Waals surface area contributed by atoms with Crippen molar-refractivity contribution in [2.75, 3.05) is 7.11 Å². The van der Waals surface area contributed by atoms with Crippen LogP contribution in [0, 0.1) is 0 Å². The first kappa shape index (κ1) is 16.5. The summed E-state index contributed by atoms with van der Waals surface area (Å²) in [7, 11) is 1.47. The normalized spacial score (nSPS) is 21.0. The molecule has 112 valence electrons. The number of esters is 1. The summed E-state index contributed by atoms with van der Waals surface area (Å²) in [6.45, 7) is 0. The monoisotopic (exact) mass is 508 g/mol. The Hall–Kier alpha value is -0.362. The number of ether oxygens (including phenoxy) is 1.